The molecule has 0 aromatic carbocycles. The molecule has 4 aromatic rings. The summed E-state index contributed by atoms with van der Waals surface area (Å²) >= 11 is 6.75. The molecule has 0 unspecified atom stereocenters. The maximum Gasteiger partial charge on any atom is 0.164 e. The maximum atomic E-state index is 6.75. The van der Waals surface area contributed by atoms with Gasteiger partial charge in [0, 0.05) is 60.5 Å². The first-order chi connectivity index (χ1) is 15.9. The Bertz CT molecular complexity index is 1360. The molecule has 33 heavy (non-hydrogen) atoms. The minimum absolute atomic E-state index is 0.0380. The van der Waals surface area contributed by atoms with Crippen LogP contribution in [0.25, 0.3) is 33.3 Å². The Balaban J connectivity index is 1.62. The van der Waals surface area contributed by atoms with Crippen molar-refractivity contribution in [1.29, 1.82) is 0 Å². The number of hydrogen-bond donors (Lipinski definition) is 2. The second-order valence-corrected chi connectivity index (χ2v) is 10.6. The van der Waals surface area contributed by atoms with Gasteiger partial charge in [-0.3, -0.25) is 4.98 Å². The van der Waals surface area contributed by atoms with Gasteiger partial charge < -0.3 is 15.2 Å². The van der Waals surface area contributed by atoms with E-state index in [2.05, 4.69) is 52.0 Å². The summed E-state index contributed by atoms with van der Waals surface area (Å²) in [5, 5.41) is 6.09. The third-order valence-electron chi connectivity index (χ3n) is 6.69. The predicted molar refractivity (Wildman–Crippen MR) is 133 cm³/mol. The van der Waals surface area contributed by atoms with E-state index in [4.69, 9.17) is 21.6 Å². The number of H-pyrrole nitrogens is 1. The molecule has 6 rings (SSSR count). The summed E-state index contributed by atoms with van der Waals surface area (Å²) in [6.07, 6.45) is 7.98. The van der Waals surface area contributed by atoms with Crippen LogP contribution in [0.5, 0.6) is 0 Å². The summed E-state index contributed by atoms with van der Waals surface area (Å²) in [4.78, 5) is 25.1. The maximum absolute atomic E-state index is 6.75. The van der Waals surface area contributed by atoms with Gasteiger partial charge in [-0.25, -0.2) is 15.0 Å². The van der Waals surface area contributed by atoms with Crippen molar-refractivity contribution in [2.45, 2.75) is 44.9 Å². The number of halogens is 1. The smallest absolute Gasteiger partial charge is 0.164 e. The highest BCUT2D eigenvalue weighted by atomic mass is 35.5. The van der Waals surface area contributed by atoms with Gasteiger partial charge in [0.1, 0.15) is 11.5 Å². The van der Waals surface area contributed by atoms with Gasteiger partial charge in [0.25, 0.3) is 0 Å². The first kappa shape index (κ1) is 20.8. The van der Waals surface area contributed by atoms with Crippen LogP contribution in [-0.2, 0) is 5.41 Å². The Morgan fingerprint density at radius 1 is 1.06 bits per heavy atom. The normalized spacial score (nSPS) is 17.3. The van der Waals surface area contributed by atoms with E-state index in [0.717, 1.165) is 65.2 Å². The van der Waals surface area contributed by atoms with Crippen molar-refractivity contribution in [3.63, 3.8) is 0 Å². The molecule has 1 saturated heterocycles. The zero-order valence-corrected chi connectivity index (χ0v) is 20.0. The molecule has 0 bridgehead atoms. The number of anilines is 1. The molecule has 0 radical (unpaired) electrons. The predicted octanol–water partition coefficient (Wildman–Crippen LogP) is 4.81. The zero-order valence-electron chi connectivity index (χ0n) is 19.2. The third kappa shape index (κ3) is 3.63. The quantitative estimate of drug-likeness (QED) is 0.455. The third-order valence-corrected chi connectivity index (χ3v) is 6.98. The molecule has 4 aromatic heterocycles. The molecule has 0 spiro atoms. The number of nitrogens with zero attached hydrogens (tertiary/aromatic N) is 5. The zero-order chi connectivity index (χ0) is 22.7. The molecule has 0 amide bonds. The molecule has 1 aliphatic heterocycles. The highest BCUT2D eigenvalue weighted by molar-refractivity contribution is 6.34. The molecule has 1 saturated carbocycles. The van der Waals surface area contributed by atoms with Crippen molar-refractivity contribution < 1.29 is 0 Å². The van der Waals surface area contributed by atoms with Gasteiger partial charge in [-0.05, 0) is 30.4 Å². The first-order valence-electron chi connectivity index (χ1n) is 11.7. The van der Waals surface area contributed by atoms with E-state index in [9.17, 15) is 0 Å². The molecule has 2 aliphatic rings. The summed E-state index contributed by atoms with van der Waals surface area (Å²) < 4.78 is 0. The Hall–Kier alpha value is -2.77. The van der Waals surface area contributed by atoms with E-state index in [1.54, 1.807) is 6.20 Å². The lowest BCUT2D eigenvalue weighted by atomic mass is 9.92. The summed E-state index contributed by atoms with van der Waals surface area (Å²) in [5.74, 6) is 2.18. The molecule has 2 fully saturated rings. The van der Waals surface area contributed by atoms with Crippen LogP contribution in [0.15, 0.2) is 24.7 Å². The molecule has 8 heteroatoms. The van der Waals surface area contributed by atoms with E-state index >= 15 is 0 Å². The first-order valence-corrected chi connectivity index (χ1v) is 12.1. The fraction of sp³-hybridized carbons (Fsp3) is 0.440. The van der Waals surface area contributed by atoms with Gasteiger partial charge in [-0.2, -0.15) is 0 Å². The molecular weight excluding hydrogens is 434 g/mol. The molecule has 5 heterocycles. The van der Waals surface area contributed by atoms with Gasteiger partial charge in [-0.1, -0.05) is 32.4 Å². The number of rotatable bonds is 3. The monoisotopic (exact) mass is 461 g/mol. The van der Waals surface area contributed by atoms with Crippen LogP contribution in [0.2, 0.25) is 5.02 Å². The lowest BCUT2D eigenvalue weighted by molar-refractivity contribution is 0.574. The molecule has 2 N–H and O–H groups in total. The van der Waals surface area contributed by atoms with Crippen LogP contribution in [0.1, 0.15) is 50.8 Å². The highest BCUT2D eigenvalue weighted by Crippen LogP contribution is 2.45. The number of fused-ring (bicyclic) bond motifs is 2. The topological polar surface area (TPSA) is 82.6 Å². The molecule has 7 nitrogen and oxygen atoms in total. The second-order valence-electron chi connectivity index (χ2n) is 10.2. The Morgan fingerprint density at radius 2 is 1.85 bits per heavy atom. The number of nitrogens with one attached hydrogen (secondary N) is 2. The summed E-state index contributed by atoms with van der Waals surface area (Å²) in [6, 6.07) is 2.14. The number of aromatic nitrogens is 5. The van der Waals surface area contributed by atoms with Crippen LogP contribution in [0.3, 0.4) is 0 Å². The van der Waals surface area contributed by atoms with Crippen LogP contribution in [0, 0.1) is 0 Å². The summed E-state index contributed by atoms with van der Waals surface area (Å²) in [6.45, 7) is 10.2. The standard InChI is InChI=1S/C25H28ClN7/c1-25(2,3)19-10-15-20(17(26)12-29-22(15)31-19)23-30-18-13-28-11-16(14-4-5-14)21(18)24(32-23)33-8-6-27-7-9-33/h10-14,27H,4-9H2,1-3H3,(H,29,31). The molecule has 1 aliphatic carbocycles. The minimum Gasteiger partial charge on any atom is -0.353 e. The molecule has 0 atom stereocenters. The average Bonchev–Trinajstić information content (AvgIpc) is 3.55. The van der Waals surface area contributed by atoms with Crippen molar-refractivity contribution >= 4 is 39.4 Å². The average molecular weight is 462 g/mol. The summed E-state index contributed by atoms with van der Waals surface area (Å²) in [7, 11) is 0. The van der Waals surface area contributed by atoms with Crippen LogP contribution < -0.4 is 10.2 Å². The van der Waals surface area contributed by atoms with Crippen molar-refractivity contribution in [3.05, 3.63) is 40.9 Å². The Kier molecular flexibility index (Phi) is 4.82. The number of hydrogen-bond acceptors (Lipinski definition) is 6. The number of piperazine rings is 1. The van der Waals surface area contributed by atoms with Crippen molar-refractivity contribution in [2.75, 3.05) is 31.1 Å². The second kappa shape index (κ2) is 7.64. The van der Waals surface area contributed by atoms with Crippen LogP contribution >= 0.6 is 11.6 Å². The van der Waals surface area contributed by atoms with E-state index in [1.807, 2.05) is 12.4 Å². The number of aromatic amines is 1. The van der Waals surface area contributed by atoms with E-state index in [1.165, 1.54) is 18.4 Å². The summed E-state index contributed by atoms with van der Waals surface area (Å²) in [5.41, 5.74) is 4.85. The Morgan fingerprint density at radius 3 is 2.58 bits per heavy atom. The highest BCUT2D eigenvalue weighted by Gasteiger charge is 2.30. The van der Waals surface area contributed by atoms with E-state index in [0.29, 0.717) is 16.8 Å². The van der Waals surface area contributed by atoms with Crippen molar-refractivity contribution in [3.8, 4) is 11.4 Å². The SMILES string of the molecule is CC(C)(C)c1cc2c(-c3nc(N4CCNCC4)c4c(C5CC5)cncc4n3)c(Cl)cnc2[nH]1. The lowest BCUT2D eigenvalue weighted by Crippen LogP contribution is -2.44. The van der Waals surface area contributed by atoms with Gasteiger partial charge in [0.05, 0.1) is 22.3 Å². The van der Waals surface area contributed by atoms with E-state index in [-0.39, 0.29) is 5.41 Å². The van der Waals surface area contributed by atoms with Gasteiger partial charge in [-0.15, -0.1) is 0 Å². The fourth-order valence-electron chi connectivity index (χ4n) is 4.69. The molecule has 170 valence electrons. The van der Waals surface area contributed by atoms with Gasteiger partial charge in [0.15, 0.2) is 5.82 Å². The fourth-order valence-corrected chi connectivity index (χ4v) is 4.93. The largest absolute Gasteiger partial charge is 0.353 e. The van der Waals surface area contributed by atoms with Crippen molar-refractivity contribution in [1.82, 2.24) is 30.2 Å². The minimum atomic E-state index is -0.0380. The molecular formula is C25H28ClN7. The lowest BCUT2D eigenvalue weighted by Gasteiger charge is -2.30. The Labute approximate surface area is 198 Å². The van der Waals surface area contributed by atoms with Crippen LogP contribution in [0.4, 0.5) is 5.82 Å². The van der Waals surface area contributed by atoms with E-state index < -0.39 is 0 Å². The van der Waals surface area contributed by atoms with Crippen LogP contribution in [-0.4, -0.2) is 51.1 Å². The van der Waals surface area contributed by atoms with Gasteiger partial charge >= 0.3 is 0 Å². The van der Waals surface area contributed by atoms with Crippen molar-refractivity contribution in [2.24, 2.45) is 0 Å². The van der Waals surface area contributed by atoms with Gasteiger partial charge in [0.2, 0.25) is 0 Å². The number of pyridine rings is 2.